The molecule has 0 spiro atoms. The molecular weight excluding hydrogens is 384 g/mol. The number of benzene rings is 2. The fraction of sp³-hybridized carbons (Fsp3) is 0.0769. The summed E-state index contributed by atoms with van der Waals surface area (Å²) >= 11 is 0. The standard InChI is InChI=1S/C26H22N4O/c1-29-14-15-30(19-29)22-7-5-9-24(18-22)31-23-8-4-6-20(16-23)26-17-21(11-13-28-26)25-10-2-3-12-27-25/h2-18H,19H2,1H3. The van der Waals surface area contributed by atoms with E-state index in [1.807, 2.05) is 66.9 Å². The number of ether oxygens (including phenoxy) is 1. The Morgan fingerprint density at radius 1 is 0.710 bits per heavy atom. The van der Waals surface area contributed by atoms with E-state index < -0.39 is 0 Å². The highest BCUT2D eigenvalue weighted by atomic mass is 16.5. The molecule has 0 saturated heterocycles. The first kappa shape index (κ1) is 18.9. The number of rotatable bonds is 5. The molecule has 1 aliphatic heterocycles. The van der Waals surface area contributed by atoms with Crippen LogP contribution in [0.4, 0.5) is 5.69 Å². The van der Waals surface area contributed by atoms with Crippen molar-refractivity contribution in [3.63, 3.8) is 0 Å². The summed E-state index contributed by atoms with van der Waals surface area (Å²) in [7, 11) is 2.05. The van der Waals surface area contributed by atoms with Gasteiger partial charge in [0, 0.05) is 54.7 Å². The van der Waals surface area contributed by atoms with Gasteiger partial charge in [-0.1, -0.05) is 24.3 Å². The Labute approximate surface area is 181 Å². The lowest BCUT2D eigenvalue weighted by Gasteiger charge is -2.19. The summed E-state index contributed by atoms with van der Waals surface area (Å²) in [6.07, 6.45) is 7.74. The number of anilines is 1. The van der Waals surface area contributed by atoms with Gasteiger partial charge in [0.25, 0.3) is 0 Å². The topological polar surface area (TPSA) is 41.5 Å². The Morgan fingerprint density at radius 2 is 1.52 bits per heavy atom. The van der Waals surface area contributed by atoms with Crippen LogP contribution in [0.2, 0.25) is 0 Å². The average molecular weight is 406 g/mol. The van der Waals surface area contributed by atoms with Gasteiger partial charge >= 0.3 is 0 Å². The third-order valence-electron chi connectivity index (χ3n) is 5.11. The van der Waals surface area contributed by atoms with Gasteiger partial charge in [0.1, 0.15) is 11.5 Å². The number of hydrogen-bond acceptors (Lipinski definition) is 5. The number of nitrogens with zero attached hydrogens (tertiary/aromatic N) is 4. The van der Waals surface area contributed by atoms with E-state index in [9.17, 15) is 0 Å². The van der Waals surface area contributed by atoms with E-state index in [2.05, 4.69) is 57.4 Å². The lowest BCUT2D eigenvalue weighted by molar-refractivity contribution is 0.481. The summed E-state index contributed by atoms with van der Waals surface area (Å²) in [6, 6.07) is 26.1. The molecule has 0 aliphatic carbocycles. The van der Waals surface area contributed by atoms with Crippen molar-refractivity contribution >= 4 is 5.69 Å². The van der Waals surface area contributed by atoms with E-state index in [0.29, 0.717) is 0 Å². The van der Waals surface area contributed by atoms with Crippen LogP contribution < -0.4 is 9.64 Å². The minimum atomic E-state index is 0.772. The van der Waals surface area contributed by atoms with Crippen molar-refractivity contribution in [2.45, 2.75) is 0 Å². The van der Waals surface area contributed by atoms with Gasteiger partial charge in [-0.3, -0.25) is 9.97 Å². The summed E-state index contributed by atoms with van der Waals surface area (Å²) in [5.41, 5.74) is 4.94. The third-order valence-corrected chi connectivity index (χ3v) is 5.11. The van der Waals surface area contributed by atoms with Gasteiger partial charge in [-0.15, -0.1) is 0 Å². The Balaban J connectivity index is 1.39. The fourth-order valence-electron chi connectivity index (χ4n) is 3.56. The van der Waals surface area contributed by atoms with E-state index >= 15 is 0 Å². The fourth-order valence-corrected chi connectivity index (χ4v) is 3.56. The first-order valence-electron chi connectivity index (χ1n) is 10.2. The highest BCUT2D eigenvalue weighted by molar-refractivity contribution is 5.69. The number of hydrogen-bond donors (Lipinski definition) is 0. The molecule has 0 amide bonds. The minimum Gasteiger partial charge on any atom is -0.457 e. The molecule has 3 heterocycles. The second-order valence-electron chi connectivity index (χ2n) is 7.44. The molecule has 0 N–H and O–H groups in total. The van der Waals surface area contributed by atoms with Crippen molar-refractivity contribution in [2.24, 2.45) is 0 Å². The lowest BCUT2D eigenvalue weighted by Crippen LogP contribution is -2.21. The van der Waals surface area contributed by atoms with Crippen molar-refractivity contribution in [2.75, 3.05) is 18.6 Å². The van der Waals surface area contributed by atoms with Crippen LogP contribution in [0.25, 0.3) is 22.5 Å². The average Bonchev–Trinajstić information content (AvgIpc) is 3.26. The van der Waals surface area contributed by atoms with Gasteiger partial charge in [-0.25, -0.2) is 0 Å². The van der Waals surface area contributed by atoms with Crippen molar-refractivity contribution in [3.8, 4) is 34.0 Å². The predicted octanol–water partition coefficient (Wildman–Crippen LogP) is 5.78. The smallest absolute Gasteiger partial charge is 0.129 e. The van der Waals surface area contributed by atoms with Crippen molar-refractivity contribution in [3.05, 3.63) is 104 Å². The zero-order chi connectivity index (χ0) is 21.0. The summed E-state index contributed by atoms with van der Waals surface area (Å²) in [5, 5.41) is 0. The summed E-state index contributed by atoms with van der Waals surface area (Å²) in [4.78, 5) is 13.3. The van der Waals surface area contributed by atoms with Crippen LogP contribution >= 0.6 is 0 Å². The molecule has 0 bridgehead atoms. The molecule has 5 heteroatoms. The molecule has 0 saturated carbocycles. The Morgan fingerprint density at radius 3 is 2.32 bits per heavy atom. The molecule has 5 nitrogen and oxygen atoms in total. The van der Waals surface area contributed by atoms with E-state index in [4.69, 9.17) is 4.74 Å². The molecular formula is C26H22N4O. The van der Waals surface area contributed by atoms with Crippen LogP contribution in [0, 0.1) is 0 Å². The van der Waals surface area contributed by atoms with Crippen molar-refractivity contribution < 1.29 is 4.74 Å². The highest BCUT2D eigenvalue weighted by Gasteiger charge is 2.12. The van der Waals surface area contributed by atoms with Crippen LogP contribution in [-0.4, -0.2) is 28.6 Å². The first-order chi connectivity index (χ1) is 15.2. The largest absolute Gasteiger partial charge is 0.457 e. The molecule has 31 heavy (non-hydrogen) atoms. The maximum atomic E-state index is 6.18. The molecule has 2 aromatic heterocycles. The highest BCUT2D eigenvalue weighted by Crippen LogP contribution is 2.30. The monoisotopic (exact) mass is 406 g/mol. The van der Waals surface area contributed by atoms with Crippen LogP contribution in [0.1, 0.15) is 0 Å². The molecule has 0 atom stereocenters. The van der Waals surface area contributed by atoms with Crippen LogP contribution in [0.5, 0.6) is 11.5 Å². The number of aromatic nitrogens is 2. The Bertz CT molecular complexity index is 1220. The van der Waals surface area contributed by atoms with Crippen LogP contribution in [-0.2, 0) is 0 Å². The second-order valence-corrected chi connectivity index (χ2v) is 7.44. The summed E-state index contributed by atoms with van der Waals surface area (Å²) in [6.45, 7) is 0.831. The Kier molecular flexibility index (Phi) is 5.07. The summed E-state index contributed by atoms with van der Waals surface area (Å²) < 4.78 is 6.18. The van der Waals surface area contributed by atoms with E-state index in [1.54, 1.807) is 6.20 Å². The lowest BCUT2D eigenvalue weighted by atomic mass is 10.1. The van der Waals surface area contributed by atoms with Crippen molar-refractivity contribution in [1.82, 2.24) is 14.9 Å². The Hall–Kier alpha value is -4.12. The van der Waals surface area contributed by atoms with Gasteiger partial charge in [-0.2, -0.15) is 0 Å². The van der Waals surface area contributed by atoms with Gasteiger partial charge in [0.2, 0.25) is 0 Å². The SMILES string of the molecule is CN1C=CN(c2cccc(Oc3cccc(-c4cc(-c5ccccn5)ccn4)c3)c2)C1. The molecule has 5 rings (SSSR count). The zero-order valence-corrected chi connectivity index (χ0v) is 17.2. The minimum absolute atomic E-state index is 0.772. The molecule has 0 fully saturated rings. The molecule has 2 aromatic carbocycles. The third kappa shape index (κ3) is 4.26. The van der Waals surface area contributed by atoms with E-state index in [-0.39, 0.29) is 0 Å². The van der Waals surface area contributed by atoms with Crippen LogP contribution in [0.15, 0.2) is 104 Å². The van der Waals surface area contributed by atoms with Gasteiger partial charge in [0.15, 0.2) is 0 Å². The van der Waals surface area contributed by atoms with E-state index in [1.165, 1.54) is 0 Å². The maximum Gasteiger partial charge on any atom is 0.129 e. The molecule has 1 aliphatic rings. The number of pyridine rings is 2. The maximum absolute atomic E-state index is 6.18. The first-order valence-corrected chi connectivity index (χ1v) is 10.2. The van der Waals surface area contributed by atoms with Crippen LogP contribution in [0.3, 0.4) is 0 Å². The van der Waals surface area contributed by atoms with Gasteiger partial charge in [-0.05, 0) is 48.5 Å². The zero-order valence-electron chi connectivity index (χ0n) is 17.2. The molecule has 0 radical (unpaired) electrons. The molecule has 0 unspecified atom stereocenters. The second kappa shape index (κ2) is 8.32. The normalized spacial score (nSPS) is 12.9. The molecule has 4 aromatic rings. The quantitative estimate of drug-likeness (QED) is 0.420. The van der Waals surface area contributed by atoms with Gasteiger partial charge in [0.05, 0.1) is 18.1 Å². The summed E-state index contributed by atoms with van der Waals surface area (Å²) in [5.74, 6) is 1.57. The predicted molar refractivity (Wildman–Crippen MR) is 124 cm³/mol. The van der Waals surface area contributed by atoms with Gasteiger partial charge < -0.3 is 14.5 Å². The molecule has 152 valence electrons. The van der Waals surface area contributed by atoms with Crippen molar-refractivity contribution in [1.29, 1.82) is 0 Å². The van der Waals surface area contributed by atoms with E-state index in [0.717, 1.165) is 46.4 Å².